The highest BCUT2D eigenvalue weighted by Gasteiger charge is 2.15. The lowest BCUT2D eigenvalue weighted by Gasteiger charge is -2.12. The fourth-order valence-electron chi connectivity index (χ4n) is 1.94. The van der Waals surface area contributed by atoms with Crippen LogP contribution in [0.3, 0.4) is 0 Å². The van der Waals surface area contributed by atoms with Crippen molar-refractivity contribution >= 4 is 0 Å². The van der Waals surface area contributed by atoms with Crippen molar-refractivity contribution in [2.45, 2.75) is 26.4 Å². The zero-order valence-corrected chi connectivity index (χ0v) is 10.0. The summed E-state index contributed by atoms with van der Waals surface area (Å²) in [6.07, 6.45) is 1.72. The summed E-state index contributed by atoms with van der Waals surface area (Å²) in [5, 5.41) is 0. The highest BCUT2D eigenvalue weighted by Crippen LogP contribution is 2.24. The van der Waals surface area contributed by atoms with Crippen LogP contribution in [-0.2, 0) is 6.54 Å². The Morgan fingerprint density at radius 3 is 2.71 bits per heavy atom. The van der Waals surface area contributed by atoms with E-state index in [2.05, 4.69) is 4.98 Å². The van der Waals surface area contributed by atoms with Crippen LogP contribution < -0.4 is 5.73 Å². The van der Waals surface area contributed by atoms with Crippen molar-refractivity contribution in [3.8, 4) is 11.4 Å². The molecule has 2 N–H and O–H groups in total. The summed E-state index contributed by atoms with van der Waals surface area (Å²) in [5.41, 5.74) is 7.30. The Morgan fingerprint density at radius 1 is 1.41 bits per heavy atom. The molecule has 0 fully saturated rings. The van der Waals surface area contributed by atoms with Crippen molar-refractivity contribution < 1.29 is 4.39 Å². The predicted octanol–water partition coefficient (Wildman–Crippen LogP) is 2.73. The van der Waals surface area contributed by atoms with Crippen LogP contribution >= 0.6 is 0 Å². The van der Waals surface area contributed by atoms with E-state index in [0.29, 0.717) is 11.4 Å². The molecule has 17 heavy (non-hydrogen) atoms. The second-order valence-corrected chi connectivity index (χ2v) is 4.02. The van der Waals surface area contributed by atoms with Crippen molar-refractivity contribution in [2.75, 3.05) is 0 Å². The van der Waals surface area contributed by atoms with E-state index in [0.717, 1.165) is 12.2 Å². The first kappa shape index (κ1) is 11.8. The lowest BCUT2D eigenvalue weighted by atomic mass is 10.2. The van der Waals surface area contributed by atoms with E-state index >= 15 is 0 Å². The molecule has 1 aromatic heterocycles. The molecule has 0 amide bonds. The van der Waals surface area contributed by atoms with E-state index in [1.165, 1.54) is 6.07 Å². The van der Waals surface area contributed by atoms with E-state index < -0.39 is 0 Å². The smallest absolute Gasteiger partial charge is 0.143 e. The highest BCUT2D eigenvalue weighted by molar-refractivity contribution is 5.57. The Kier molecular flexibility index (Phi) is 3.24. The number of nitrogens with zero attached hydrogens (tertiary/aromatic N) is 2. The van der Waals surface area contributed by atoms with Crippen molar-refractivity contribution in [3.05, 3.63) is 42.0 Å². The summed E-state index contributed by atoms with van der Waals surface area (Å²) in [4.78, 5) is 4.28. The van der Waals surface area contributed by atoms with Gasteiger partial charge in [-0.2, -0.15) is 0 Å². The molecule has 1 heterocycles. The molecule has 0 saturated carbocycles. The molecular formula is C13H16FN3. The fourth-order valence-corrected chi connectivity index (χ4v) is 1.94. The molecule has 0 saturated heterocycles. The summed E-state index contributed by atoms with van der Waals surface area (Å²) < 4.78 is 15.7. The Labute approximate surface area is 100 Å². The van der Waals surface area contributed by atoms with Gasteiger partial charge in [0.25, 0.3) is 0 Å². The number of benzene rings is 1. The highest BCUT2D eigenvalue weighted by atomic mass is 19.1. The Hall–Kier alpha value is -1.68. The van der Waals surface area contributed by atoms with Gasteiger partial charge in [0, 0.05) is 12.6 Å². The van der Waals surface area contributed by atoms with Gasteiger partial charge in [-0.05, 0) is 26.0 Å². The molecule has 1 aromatic carbocycles. The SMILES string of the molecule is CCn1c(C(C)N)cnc1-c1ccccc1F. The summed E-state index contributed by atoms with van der Waals surface area (Å²) in [6.45, 7) is 4.62. The molecule has 3 nitrogen and oxygen atoms in total. The molecule has 0 aliphatic rings. The van der Waals surface area contributed by atoms with Crippen LogP contribution in [-0.4, -0.2) is 9.55 Å². The zero-order valence-electron chi connectivity index (χ0n) is 10.0. The van der Waals surface area contributed by atoms with E-state index in [1.54, 1.807) is 24.4 Å². The van der Waals surface area contributed by atoms with Crippen LogP contribution in [0.2, 0.25) is 0 Å². The van der Waals surface area contributed by atoms with Crippen LogP contribution in [0.1, 0.15) is 25.6 Å². The lowest BCUT2D eigenvalue weighted by Crippen LogP contribution is -2.12. The van der Waals surface area contributed by atoms with Crippen molar-refractivity contribution in [2.24, 2.45) is 5.73 Å². The number of rotatable bonds is 3. The van der Waals surface area contributed by atoms with E-state index in [-0.39, 0.29) is 11.9 Å². The molecule has 4 heteroatoms. The average molecular weight is 233 g/mol. The average Bonchev–Trinajstić information content (AvgIpc) is 2.73. The quantitative estimate of drug-likeness (QED) is 0.885. The zero-order chi connectivity index (χ0) is 12.4. The fraction of sp³-hybridized carbons (Fsp3) is 0.308. The van der Waals surface area contributed by atoms with Gasteiger partial charge < -0.3 is 10.3 Å². The van der Waals surface area contributed by atoms with Gasteiger partial charge in [0.15, 0.2) is 0 Å². The maximum Gasteiger partial charge on any atom is 0.143 e. The Morgan fingerprint density at radius 2 is 2.12 bits per heavy atom. The lowest BCUT2D eigenvalue weighted by molar-refractivity contribution is 0.622. The normalized spacial score (nSPS) is 12.7. The first-order valence-electron chi connectivity index (χ1n) is 5.71. The molecule has 1 atom stereocenters. The molecule has 1 unspecified atom stereocenters. The van der Waals surface area contributed by atoms with Gasteiger partial charge in [0.1, 0.15) is 11.6 Å². The van der Waals surface area contributed by atoms with Crippen LogP contribution in [0.15, 0.2) is 30.5 Å². The van der Waals surface area contributed by atoms with Gasteiger partial charge in [-0.25, -0.2) is 9.37 Å². The Bertz CT molecular complexity index is 517. The second kappa shape index (κ2) is 4.67. The van der Waals surface area contributed by atoms with E-state index in [9.17, 15) is 4.39 Å². The molecule has 0 aliphatic heterocycles. The summed E-state index contributed by atoms with van der Waals surface area (Å²) in [5.74, 6) is 0.377. The molecule has 0 spiro atoms. The van der Waals surface area contributed by atoms with Crippen LogP contribution in [0.4, 0.5) is 4.39 Å². The molecule has 2 rings (SSSR count). The number of imidazole rings is 1. The summed E-state index contributed by atoms with van der Waals surface area (Å²) >= 11 is 0. The topological polar surface area (TPSA) is 43.8 Å². The van der Waals surface area contributed by atoms with Gasteiger partial charge in [-0.1, -0.05) is 12.1 Å². The molecule has 2 aromatic rings. The minimum Gasteiger partial charge on any atom is -0.327 e. The molecule has 90 valence electrons. The largest absolute Gasteiger partial charge is 0.327 e. The third-order valence-corrected chi connectivity index (χ3v) is 2.78. The molecule has 0 radical (unpaired) electrons. The van der Waals surface area contributed by atoms with E-state index in [4.69, 9.17) is 5.73 Å². The third kappa shape index (κ3) is 2.08. The van der Waals surface area contributed by atoms with E-state index in [1.807, 2.05) is 18.4 Å². The van der Waals surface area contributed by atoms with Crippen molar-refractivity contribution in [1.29, 1.82) is 0 Å². The van der Waals surface area contributed by atoms with Crippen LogP contribution in [0, 0.1) is 5.82 Å². The van der Waals surface area contributed by atoms with Crippen LogP contribution in [0.5, 0.6) is 0 Å². The van der Waals surface area contributed by atoms with Crippen molar-refractivity contribution in [3.63, 3.8) is 0 Å². The summed E-state index contributed by atoms with van der Waals surface area (Å²) in [6, 6.07) is 6.54. The first-order valence-corrected chi connectivity index (χ1v) is 5.71. The monoisotopic (exact) mass is 233 g/mol. The van der Waals surface area contributed by atoms with Gasteiger partial charge in [0.05, 0.1) is 17.5 Å². The van der Waals surface area contributed by atoms with Gasteiger partial charge >= 0.3 is 0 Å². The second-order valence-electron chi connectivity index (χ2n) is 4.02. The number of hydrogen-bond acceptors (Lipinski definition) is 2. The van der Waals surface area contributed by atoms with Gasteiger partial charge in [-0.15, -0.1) is 0 Å². The first-order chi connectivity index (χ1) is 8.15. The number of aromatic nitrogens is 2. The van der Waals surface area contributed by atoms with Gasteiger partial charge in [-0.3, -0.25) is 0 Å². The van der Waals surface area contributed by atoms with Crippen LogP contribution in [0.25, 0.3) is 11.4 Å². The molecular weight excluding hydrogens is 217 g/mol. The maximum atomic E-state index is 13.7. The minimum absolute atomic E-state index is 0.108. The third-order valence-electron chi connectivity index (χ3n) is 2.78. The summed E-state index contributed by atoms with van der Waals surface area (Å²) in [7, 11) is 0. The Balaban J connectivity index is 2.57. The minimum atomic E-state index is -0.260. The standard InChI is InChI=1S/C13H16FN3/c1-3-17-12(9(2)15)8-16-13(17)10-6-4-5-7-11(10)14/h4-9H,3,15H2,1-2H3. The predicted molar refractivity (Wildman–Crippen MR) is 65.9 cm³/mol. The molecule has 0 aliphatic carbocycles. The molecule has 0 bridgehead atoms. The maximum absolute atomic E-state index is 13.7. The number of halogens is 1. The number of nitrogens with two attached hydrogens (primary N) is 1. The van der Waals surface area contributed by atoms with Gasteiger partial charge in [0.2, 0.25) is 0 Å². The number of hydrogen-bond donors (Lipinski definition) is 1. The van der Waals surface area contributed by atoms with Crippen molar-refractivity contribution in [1.82, 2.24) is 9.55 Å².